The highest BCUT2D eigenvalue weighted by atomic mass is 127. The number of benzene rings is 1. The quantitative estimate of drug-likeness (QED) is 0.674. The van der Waals surface area contributed by atoms with Crippen molar-refractivity contribution in [3.8, 4) is 12.1 Å². The highest BCUT2D eigenvalue weighted by Crippen LogP contribution is 2.11. The van der Waals surface area contributed by atoms with Crippen LogP contribution in [0.1, 0.15) is 0 Å². The number of hydrogen-bond donors (Lipinski definition) is 1. The van der Waals surface area contributed by atoms with E-state index in [1.807, 2.05) is 24.3 Å². The summed E-state index contributed by atoms with van der Waals surface area (Å²) in [4.78, 5) is 0. The number of halogens is 1. The Morgan fingerprint density at radius 2 is 1.79 bits per heavy atom. The fourth-order valence-corrected chi connectivity index (χ4v) is 1.15. The molecule has 0 fully saturated rings. The molecule has 0 saturated carbocycles. The Morgan fingerprint density at radius 3 is 2.29 bits per heavy atom. The largest absolute Gasteiger partial charge is 0.360 e. The summed E-state index contributed by atoms with van der Waals surface area (Å²) in [6, 6.07) is 11.2. The maximum atomic E-state index is 8.47. The Balaban J connectivity index is 2.73. The smallest absolute Gasteiger partial charge is 0.145 e. The number of rotatable bonds is 2. The topological polar surface area (TPSA) is 59.6 Å². The van der Waals surface area contributed by atoms with Crippen molar-refractivity contribution >= 4 is 28.3 Å². The van der Waals surface area contributed by atoms with Gasteiger partial charge in [0.2, 0.25) is 0 Å². The minimum absolute atomic E-state index is 0.0588. The highest BCUT2D eigenvalue weighted by molar-refractivity contribution is 14.1. The molecule has 0 unspecified atom stereocenters. The molecule has 3 nitrogen and oxygen atoms in total. The van der Waals surface area contributed by atoms with Crippen molar-refractivity contribution in [2.45, 2.75) is 0 Å². The van der Waals surface area contributed by atoms with Gasteiger partial charge in [0.1, 0.15) is 17.7 Å². The van der Waals surface area contributed by atoms with Crippen LogP contribution < -0.4 is 5.32 Å². The number of nitriles is 2. The van der Waals surface area contributed by atoms with Gasteiger partial charge in [-0.1, -0.05) is 0 Å². The molecule has 0 amide bonds. The van der Waals surface area contributed by atoms with Gasteiger partial charge in [0.05, 0.1) is 0 Å². The van der Waals surface area contributed by atoms with Gasteiger partial charge in [0, 0.05) is 15.5 Å². The Bertz CT molecular complexity index is 404. The van der Waals surface area contributed by atoms with Gasteiger partial charge in [0.25, 0.3) is 0 Å². The molecule has 68 valence electrons. The minimum atomic E-state index is 0.0588. The Labute approximate surface area is 95.8 Å². The van der Waals surface area contributed by atoms with Crippen LogP contribution in [-0.4, -0.2) is 0 Å². The molecule has 1 rings (SSSR count). The van der Waals surface area contributed by atoms with Gasteiger partial charge in [-0.15, -0.1) is 0 Å². The van der Waals surface area contributed by atoms with Gasteiger partial charge < -0.3 is 5.32 Å². The van der Waals surface area contributed by atoms with Gasteiger partial charge in [-0.2, -0.15) is 10.5 Å². The molecule has 0 atom stereocenters. The second kappa shape index (κ2) is 5.25. The van der Waals surface area contributed by atoms with E-state index in [1.165, 1.54) is 6.20 Å². The van der Waals surface area contributed by atoms with Gasteiger partial charge >= 0.3 is 0 Å². The number of hydrogen-bond acceptors (Lipinski definition) is 3. The maximum absolute atomic E-state index is 8.47. The summed E-state index contributed by atoms with van der Waals surface area (Å²) in [6.07, 6.45) is 1.39. The van der Waals surface area contributed by atoms with Crippen molar-refractivity contribution in [1.82, 2.24) is 0 Å². The molecule has 14 heavy (non-hydrogen) atoms. The first-order chi connectivity index (χ1) is 6.76. The monoisotopic (exact) mass is 295 g/mol. The van der Waals surface area contributed by atoms with Crippen molar-refractivity contribution in [2.75, 3.05) is 5.32 Å². The van der Waals surface area contributed by atoms with E-state index >= 15 is 0 Å². The number of anilines is 1. The fourth-order valence-electron chi connectivity index (χ4n) is 0.791. The molecule has 0 heterocycles. The Hall–Kier alpha value is -1.53. The molecular formula is C10H6IN3. The molecule has 0 aromatic heterocycles. The van der Waals surface area contributed by atoms with E-state index in [1.54, 1.807) is 12.1 Å². The first-order valence-corrected chi connectivity index (χ1v) is 4.86. The van der Waals surface area contributed by atoms with Crippen molar-refractivity contribution < 1.29 is 0 Å². The first kappa shape index (κ1) is 10.6. The van der Waals surface area contributed by atoms with Crippen LogP contribution in [0.25, 0.3) is 0 Å². The zero-order chi connectivity index (χ0) is 10.4. The molecule has 0 bridgehead atoms. The molecule has 0 spiro atoms. The third-order valence-electron chi connectivity index (χ3n) is 1.47. The number of allylic oxidation sites excluding steroid dienone is 1. The fraction of sp³-hybridized carbons (Fsp3) is 0. The lowest BCUT2D eigenvalue weighted by atomic mass is 10.3. The molecular weight excluding hydrogens is 289 g/mol. The van der Waals surface area contributed by atoms with E-state index in [0.717, 1.165) is 9.26 Å². The Morgan fingerprint density at radius 1 is 1.21 bits per heavy atom. The van der Waals surface area contributed by atoms with Crippen LogP contribution in [0.15, 0.2) is 36.0 Å². The van der Waals surface area contributed by atoms with E-state index in [0.29, 0.717) is 0 Å². The predicted octanol–water partition coefficient (Wildman–Crippen LogP) is 2.63. The summed E-state index contributed by atoms with van der Waals surface area (Å²) >= 11 is 2.21. The van der Waals surface area contributed by atoms with E-state index in [9.17, 15) is 0 Å². The third-order valence-corrected chi connectivity index (χ3v) is 2.19. The standard InChI is InChI=1S/C10H6IN3/c11-9-1-3-10(4-2-9)14-7-8(5-12)6-13/h1-4,7,14H. The van der Waals surface area contributed by atoms with E-state index in [4.69, 9.17) is 10.5 Å². The van der Waals surface area contributed by atoms with Gasteiger partial charge in [-0.05, 0) is 46.9 Å². The molecule has 0 aliphatic carbocycles. The van der Waals surface area contributed by atoms with Crippen LogP contribution in [0.4, 0.5) is 5.69 Å². The summed E-state index contributed by atoms with van der Waals surface area (Å²) < 4.78 is 1.14. The van der Waals surface area contributed by atoms with Crippen LogP contribution in [0.3, 0.4) is 0 Å². The van der Waals surface area contributed by atoms with Crippen LogP contribution in [0.2, 0.25) is 0 Å². The lowest BCUT2D eigenvalue weighted by Gasteiger charge is -1.99. The maximum Gasteiger partial charge on any atom is 0.145 e. The molecule has 4 heteroatoms. The van der Waals surface area contributed by atoms with Crippen molar-refractivity contribution in [3.63, 3.8) is 0 Å². The van der Waals surface area contributed by atoms with Gasteiger partial charge in [-0.3, -0.25) is 0 Å². The van der Waals surface area contributed by atoms with Crippen molar-refractivity contribution in [3.05, 3.63) is 39.6 Å². The number of nitrogens with zero attached hydrogens (tertiary/aromatic N) is 2. The Kier molecular flexibility index (Phi) is 3.96. The molecule has 0 radical (unpaired) electrons. The van der Waals surface area contributed by atoms with Crippen LogP contribution in [0.5, 0.6) is 0 Å². The molecule has 1 N–H and O–H groups in total. The lowest BCUT2D eigenvalue weighted by molar-refractivity contribution is 1.44. The third kappa shape index (κ3) is 3.08. The van der Waals surface area contributed by atoms with E-state index in [-0.39, 0.29) is 5.57 Å². The van der Waals surface area contributed by atoms with Crippen LogP contribution in [0, 0.1) is 26.2 Å². The van der Waals surface area contributed by atoms with Gasteiger partial charge in [-0.25, -0.2) is 0 Å². The minimum Gasteiger partial charge on any atom is -0.360 e. The van der Waals surface area contributed by atoms with E-state index in [2.05, 4.69) is 27.9 Å². The summed E-state index contributed by atoms with van der Waals surface area (Å²) in [5, 5.41) is 19.8. The zero-order valence-electron chi connectivity index (χ0n) is 7.16. The molecule has 0 saturated heterocycles. The molecule has 1 aromatic rings. The lowest BCUT2D eigenvalue weighted by Crippen LogP contribution is -1.89. The highest BCUT2D eigenvalue weighted by Gasteiger charge is 1.92. The molecule has 0 aliphatic heterocycles. The first-order valence-electron chi connectivity index (χ1n) is 3.78. The summed E-state index contributed by atoms with van der Waals surface area (Å²) in [6.45, 7) is 0. The normalized spacial score (nSPS) is 8.21. The van der Waals surface area contributed by atoms with Crippen LogP contribution >= 0.6 is 22.6 Å². The van der Waals surface area contributed by atoms with E-state index < -0.39 is 0 Å². The molecule has 0 aliphatic rings. The van der Waals surface area contributed by atoms with Gasteiger partial charge in [0.15, 0.2) is 0 Å². The molecule has 1 aromatic carbocycles. The average Bonchev–Trinajstić information content (AvgIpc) is 2.22. The van der Waals surface area contributed by atoms with Crippen LogP contribution in [-0.2, 0) is 0 Å². The second-order valence-electron chi connectivity index (χ2n) is 2.43. The zero-order valence-corrected chi connectivity index (χ0v) is 9.32. The summed E-state index contributed by atoms with van der Waals surface area (Å²) in [5.41, 5.74) is 0.914. The summed E-state index contributed by atoms with van der Waals surface area (Å²) in [5.74, 6) is 0. The SMILES string of the molecule is N#CC(C#N)=CNc1ccc(I)cc1. The van der Waals surface area contributed by atoms with Crippen molar-refractivity contribution in [1.29, 1.82) is 10.5 Å². The van der Waals surface area contributed by atoms with Crippen molar-refractivity contribution in [2.24, 2.45) is 0 Å². The number of nitrogens with one attached hydrogen (secondary N) is 1. The predicted molar refractivity (Wildman–Crippen MR) is 62.1 cm³/mol. The second-order valence-corrected chi connectivity index (χ2v) is 3.68. The average molecular weight is 295 g/mol. The summed E-state index contributed by atoms with van der Waals surface area (Å²) in [7, 11) is 0.